The third-order valence-corrected chi connectivity index (χ3v) is 1.28. The zero-order valence-corrected chi connectivity index (χ0v) is 6.02. The lowest BCUT2D eigenvalue weighted by Crippen LogP contribution is -2.06. The molecule has 4 N–H and O–H groups in total. The molecule has 0 aromatic heterocycles. The third kappa shape index (κ3) is 1.61. The van der Waals surface area contributed by atoms with Crippen molar-refractivity contribution in [3.8, 4) is 5.75 Å². The summed E-state index contributed by atoms with van der Waals surface area (Å²) in [4.78, 5) is 9.64. The number of phenols is 1. The Balaban J connectivity index is 3.15. The van der Waals surface area contributed by atoms with Crippen molar-refractivity contribution in [2.45, 2.75) is 0 Å². The van der Waals surface area contributed by atoms with E-state index in [1.165, 1.54) is 12.1 Å². The molecule has 1 aromatic rings. The number of hydrazine groups is 1. The fourth-order valence-corrected chi connectivity index (χ4v) is 0.784. The minimum absolute atomic E-state index is 0.197. The number of nitrogens with zero attached hydrogens (tertiary/aromatic N) is 1. The van der Waals surface area contributed by atoms with Crippen LogP contribution in [0.25, 0.3) is 0 Å². The normalized spacial score (nSPS) is 9.42. The molecule has 0 fully saturated rings. The number of nitrogen functional groups attached to an aromatic ring is 1. The molecule has 64 valence electrons. The number of nitrogens with two attached hydrogens (primary N) is 1. The van der Waals surface area contributed by atoms with Gasteiger partial charge in [-0.05, 0) is 0 Å². The van der Waals surface area contributed by atoms with Crippen molar-refractivity contribution < 1.29 is 10.0 Å². The van der Waals surface area contributed by atoms with E-state index in [1.54, 1.807) is 0 Å². The Hall–Kier alpha value is -1.82. The van der Waals surface area contributed by atoms with E-state index in [9.17, 15) is 10.1 Å². The van der Waals surface area contributed by atoms with E-state index < -0.39 is 4.92 Å². The molecule has 0 saturated carbocycles. The Morgan fingerprint density at radius 1 is 1.50 bits per heavy atom. The number of nitro benzene ring substituents is 1. The molecule has 1 aromatic carbocycles. The van der Waals surface area contributed by atoms with Gasteiger partial charge < -0.3 is 10.5 Å². The highest BCUT2D eigenvalue weighted by atomic mass is 16.6. The van der Waals surface area contributed by atoms with E-state index in [-0.39, 0.29) is 11.4 Å². The van der Waals surface area contributed by atoms with E-state index in [1.807, 2.05) is 0 Å². The summed E-state index contributed by atoms with van der Waals surface area (Å²) in [6.45, 7) is 0. The molecular formula is C6H7N3O3. The molecule has 0 amide bonds. The van der Waals surface area contributed by atoms with Crippen LogP contribution in [0.4, 0.5) is 11.4 Å². The van der Waals surface area contributed by atoms with Gasteiger partial charge in [0.1, 0.15) is 5.75 Å². The number of benzene rings is 1. The number of phenolic OH excluding ortho intramolecular Hbond substituents is 1. The highest BCUT2D eigenvalue weighted by Crippen LogP contribution is 2.23. The van der Waals surface area contributed by atoms with Gasteiger partial charge in [0.15, 0.2) is 0 Å². The molecule has 0 unspecified atom stereocenters. The number of anilines is 1. The van der Waals surface area contributed by atoms with Crippen molar-refractivity contribution in [1.29, 1.82) is 0 Å². The highest BCUT2D eigenvalue weighted by Gasteiger charge is 2.07. The summed E-state index contributed by atoms with van der Waals surface area (Å²) in [6.07, 6.45) is 0. The summed E-state index contributed by atoms with van der Waals surface area (Å²) < 4.78 is 0. The number of hydrogen-bond acceptors (Lipinski definition) is 5. The van der Waals surface area contributed by atoms with Crippen LogP contribution in [0, 0.1) is 10.1 Å². The van der Waals surface area contributed by atoms with Crippen LogP contribution >= 0.6 is 0 Å². The molecule has 1 rings (SSSR count). The van der Waals surface area contributed by atoms with Gasteiger partial charge in [0, 0.05) is 12.1 Å². The summed E-state index contributed by atoms with van der Waals surface area (Å²) in [5.41, 5.74) is 2.29. The Morgan fingerprint density at radius 3 is 2.67 bits per heavy atom. The summed E-state index contributed by atoms with van der Waals surface area (Å²) in [5, 5.41) is 19.2. The predicted octanol–water partition coefficient (Wildman–Crippen LogP) is 0.586. The molecule has 0 heterocycles. The van der Waals surface area contributed by atoms with Crippen molar-refractivity contribution in [1.82, 2.24) is 0 Å². The standard InChI is InChI=1S/C6H7N3O3/c7-8-4-1-5(9(11)12)3-6(10)2-4/h1-3,8,10H,7H2. The molecule has 0 atom stereocenters. The molecule has 6 nitrogen and oxygen atoms in total. The summed E-state index contributed by atoms with van der Waals surface area (Å²) in [6, 6.07) is 3.55. The average molecular weight is 169 g/mol. The van der Waals surface area contributed by atoms with Crippen LogP contribution in [0.2, 0.25) is 0 Å². The maximum atomic E-state index is 10.2. The smallest absolute Gasteiger partial charge is 0.275 e. The van der Waals surface area contributed by atoms with Crippen LogP contribution in [-0.4, -0.2) is 10.0 Å². The van der Waals surface area contributed by atoms with Gasteiger partial charge in [-0.15, -0.1) is 0 Å². The van der Waals surface area contributed by atoms with Crippen molar-refractivity contribution in [2.24, 2.45) is 5.84 Å². The van der Waals surface area contributed by atoms with Gasteiger partial charge in [-0.2, -0.15) is 0 Å². The van der Waals surface area contributed by atoms with Crippen molar-refractivity contribution in [3.63, 3.8) is 0 Å². The molecule has 0 spiro atoms. The van der Waals surface area contributed by atoms with Gasteiger partial charge in [0.2, 0.25) is 0 Å². The van der Waals surface area contributed by atoms with Crippen LogP contribution < -0.4 is 11.3 Å². The molecular weight excluding hydrogens is 162 g/mol. The van der Waals surface area contributed by atoms with Crippen molar-refractivity contribution in [2.75, 3.05) is 5.43 Å². The Labute approximate surface area is 67.7 Å². The first kappa shape index (κ1) is 8.28. The number of nitro groups is 1. The number of non-ortho nitro benzene ring substituents is 1. The van der Waals surface area contributed by atoms with E-state index in [2.05, 4.69) is 5.43 Å². The Kier molecular flexibility index (Phi) is 2.11. The summed E-state index contributed by atoms with van der Waals surface area (Å²) >= 11 is 0. The van der Waals surface area contributed by atoms with Crippen molar-refractivity contribution >= 4 is 11.4 Å². The second kappa shape index (κ2) is 3.05. The number of nitrogens with one attached hydrogen (secondary N) is 1. The van der Waals surface area contributed by atoms with Crippen LogP contribution in [0.1, 0.15) is 0 Å². The largest absolute Gasteiger partial charge is 0.508 e. The SMILES string of the molecule is NNc1cc(O)cc([N+](=O)[O-])c1. The average Bonchev–Trinajstić information content (AvgIpc) is 2.03. The Bertz CT molecular complexity index is 313. The van der Waals surface area contributed by atoms with E-state index in [0.717, 1.165) is 6.07 Å². The second-order valence-electron chi connectivity index (χ2n) is 2.14. The molecule has 12 heavy (non-hydrogen) atoms. The van der Waals surface area contributed by atoms with E-state index >= 15 is 0 Å². The lowest BCUT2D eigenvalue weighted by molar-refractivity contribution is -0.384. The van der Waals surface area contributed by atoms with Gasteiger partial charge in [0.25, 0.3) is 5.69 Å². The molecule has 0 aliphatic carbocycles. The second-order valence-corrected chi connectivity index (χ2v) is 2.14. The van der Waals surface area contributed by atoms with Crippen LogP contribution in [0.15, 0.2) is 18.2 Å². The van der Waals surface area contributed by atoms with Gasteiger partial charge >= 0.3 is 0 Å². The molecule has 6 heteroatoms. The molecule has 0 saturated heterocycles. The number of rotatable bonds is 2. The number of aromatic hydroxyl groups is 1. The minimum Gasteiger partial charge on any atom is -0.508 e. The van der Waals surface area contributed by atoms with Crippen LogP contribution in [0.3, 0.4) is 0 Å². The zero-order chi connectivity index (χ0) is 9.14. The zero-order valence-electron chi connectivity index (χ0n) is 6.02. The molecule has 0 radical (unpaired) electrons. The first-order valence-electron chi connectivity index (χ1n) is 3.08. The van der Waals surface area contributed by atoms with E-state index in [4.69, 9.17) is 10.9 Å². The third-order valence-electron chi connectivity index (χ3n) is 1.28. The maximum Gasteiger partial charge on any atom is 0.275 e. The van der Waals surface area contributed by atoms with Gasteiger partial charge in [-0.25, -0.2) is 0 Å². The van der Waals surface area contributed by atoms with Gasteiger partial charge in [-0.1, -0.05) is 0 Å². The van der Waals surface area contributed by atoms with Crippen LogP contribution in [0.5, 0.6) is 5.75 Å². The topological polar surface area (TPSA) is 101 Å². The van der Waals surface area contributed by atoms with E-state index in [0.29, 0.717) is 5.69 Å². The fourth-order valence-electron chi connectivity index (χ4n) is 0.784. The van der Waals surface area contributed by atoms with Crippen LogP contribution in [-0.2, 0) is 0 Å². The first-order chi connectivity index (χ1) is 5.63. The first-order valence-corrected chi connectivity index (χ1v) is 3.08. The summed E-state index contributed by atoms with van der Waals surface area (Å²) in [5.74, 6) is 4.81. The molecule has 0 aliphatic rings. The quantitative estimate of drug-likeness (QED) is 0.341. The number of hydrogen-bond donors (Lipinski definition) is 3. The lowest BCUT2D eigenvalue weighted by atomic mass is 10.2. The maximum absolute atomic E-state index is 10.2. The highest BCUT2D eigenvalue weighted by molar-refractivity contribution is 5.55. The summed E-state index contributed by atoms with van der Waals surface area (Å²) in [7, 11) is 0. The lowest BCUT2D eigenvalue weighted by Gasteiger charge is -1.99. The predicted molar refractivity (Wildman–Crippen MR) is 42.6 cm³/mol. The fraction of sp³-hybridized carbons (Fsp3) is 0. The van der Waals surface area contributed by atoms with Crippen molar-refractivity contribution in [3.05, 3.63) is 28.3 Å². The monoisotopic (exact) mass is 169 g/mol. The van der Waals surface area contributed by atoms with Gasteiger partial charge in [0.05, 0.1) is 16.7 Å². The minimum atomic E-state index is -0.611. The molecule has 0 bridgehead atoms. The molecule has 0 aliphatic heterocycles. The Morgan fingerprint density at radius 2 is 2.17 bits per heavy atom. The van der Waals surface area contributed by atoms with Gasteiger partial charge in [-0.3, -0.25) is 16.0 Å².